The van der Waals surface area contributed by atoms with Crippen molar-refractivity contribution in [3.8, 4) is 0 Å². The van der Waals surface area contributed by atoms with Crippen LogP contribution in [0.2, 0.25) is 10.0 Å². The van der Waals surface area contributed by atoms with Crippen molar-refractivity contribution >= 4 is 40.9 Å². The normalized spacial score (nSPS) is 12.7. The fourth-order valence-corrected chi connectivity index (χ4v) is 4.02. The molecule has 1 aliphatic rings. The van der Waals surface area contributed by atoms with Crippen molar-refractivity contribution in [3.05, 3.63) is 57.1 Å². The molecule has 1 heterocycles. The molecule has 0 bridgehead atoms. The number of carboxylic acids is 1. The van der Waals surface area contributed by atoms with E-state index in [0.29, 0.717) is 16.5 Å². The highest BCUT2D eigenvalue weighted by Crippen LogP contribution is 2.42. The Morgan fingerprint density at radius 1 is 1.15 bits per heavy atom. The van der Waals surface area contributed by atoms with E-state index in [1.807, 2.05) is 24.3 Å². The highest BCUT2D eigenvalue weighted by Gasteiger charge is 2.21. The zero-order chi connectivity index (χ0) is 14.3. The van der Waals surface area contributed by atoms with Crippen molar-refractivity contribution in [2.75, 3.05) is 0 Å². The van der Waals surface area contributed by atoms with Gasteiger partial charge < -0.3 is 5.11 Å². The fraction of sp³-hybridized carbons (Fsp3) is 0.133. The molecule has 0 unspecified atom stereocenters. The summed E-state index contributed by atoms with van der Waals surface area (Å²) in [4.78, 5) is 13.2. The lowest BCUT2D eigenvalue weighted by molar-refractivity contribution is -0.136. The minimum absolute atomic E-state index is 0.0145. The van der Waals surface area contributed by atoms with Crippen LogP contribution in [-0.2, 0) is 17.6 Å². The minimum Gasteiger partial charge on any atom is -0.481 e. The van der Waals surface area contributed by atoms with Gasteiger partial charge in [0.1, 0.15) is 0 Å². The zero-order valence-electron chi connectivity index (χ0n) is 10.3. The maximum Gasteiger partial charge on any atom is 0.307 e. The summed E-state index contributed by atoms with van der Waals surface area (Å²) in [5.41, 5.74) is 2.94. The van der Waals surface area contributed by atoms with Gasteiger partial charge in [0.25, 0.3) is 0 Å². The lowest BCUT2D eigenvalue weighted by atomic mass is 9.97. The number of fused-ring (bicyclic) bond motifs is 2. The number of carboxylic acid groups (broad SMARTS) is 1. The van der Waals surface area contributed by atoms with E-state index in [1.54, 1.807) is 17.8 Å². The van der Waals surface area contributed by atoms with Crippen LogP contribution in [0.3, 0.4) is 0 Å². The quantitative estimate of drug-likeness (QED) is 0.743. The van der Waals surface area contributed by atoms with Gasteiger partial charge in [0.15, 0.2) is 0 Å². The van der Waals surface area contributed by atoms with Crippen LogP contribution in [0.15, 0.2) is 40.1 Å². The molecule has 102 valence electrons. The largest absolute Gasteiger partial charge is 0.481 e. The molecule has 0 atom stereocenters. The highest BCUT2D eigenvalue weighted by atomic mass is 35.5. The molecule has 1 N–H and O–H groups in total. The van der Waals surface area contributed by atoms with Gasteiger partial charge >= 0.3 is 5.97 Å². The third-order valence-corrected chi connectivity index (χ3v) is 4.87. The number of carbonyl (C=O) groups is 1. The highest BCUT2D eigenvalue weighted by molar-refractivity contribution is 7.99. The molecule has 0 fully saturated rings. The Bertz CT molecular complexity index is 713. The second-order valence-corrected chi connectivity index (χ2v) is 6.60. The molecule has 2 aromatic rings. The molecule has 0 amide bonds. The molecule has 0 spiro atoms. The number of benzene rings is 2. The third-order valence-electron chi connectivity index (χ3n) is 3.22. The Labute approximate surface area is 130 Å². The number of hydrogen-bond donors (Lipinski definition) is 1. The van der Waals surface area contributed by atoms with E-state index in [1.165, 1.54) is 0 Å². The van der Waals surface area contributed by atoms with Crippen molar-refractivity contribution in [1.29, 1.82) is 0 Å². The second kappa shape index (κ2) is 5.32. The lowest BCUT2D eigenvalue weighted by Crippen LogP contribution is -2.08. The van der Waals surface area contributed by atoms with E-state index in [4.69, 9.17) is 28.3 Å². The van der Waals surface area contributed by atoms with Crippen LogP contribution in [0.5, 0.6) is 0 Å². The van der Waals surface area contributed by atoms with Crippen LogP contribution in [0.25, 0.3) is 0 Å². The standard InChI is InChI=1S/C15H10Cl2O2S/c16-10-1-2-13-9(4-10)5-12-8(6-15(18)19)3-11(17)7-14(12)20-13/h1-4,7H,5-6H2,(H,18,19). The molecule has 0 aliphatic carbocycles. The predicted molar refractivity (Wildman–Crippen MR) is 81.2 cm³/mol. The van der Waals surface area contributed by atoms with E-state index in [-0.39, 0.29) is 6.42 Å². The topological polar surface area (TPSA) is 37.3 Å². The number of halogens is 2. The molecule has 2 aromatic carbocycles. The molecule has 0 saturated carbocycles. The van der Waals surface area contributed by atoms with E-state index < -0.39 is 5.97 Å². The Kier molecular flexibility index (Phi) is 3.67. The molecule has 0 aromatic heterocycles. The summed E-state index contributed by atoms with van der Waals surface area (Å²) >= 11 is 13.7. The van der Waals surface area contributed by atoms with Crippen molar-refractivity contribution in [2.45, 2.75) is 22.6 Å². The average Bonchev–Trinajstić information content (AvgIpc) is 2.36. The van der Waals surface area contributed by atoms with Crippen molar-refractivity contribution in [1.82, 2.24) is 0 Å². The Hall–Kier alpha value is -1.16. The van der Waals surface area contributed by atoms with Gasteiger partial charge in [-0.25, -0.2) is 0 Å². The molecule has 3 rings (SSSR count). The van der Waals surface area contributed by atoms with E-state index >= 15 is 0 Å². The predicted octanol–water partition coefficient (Wildman–Crippen LogP) is 4.68. The number of aliphatic carboxylic acids is 1. The summed E-state index contributed by atoms with van der Waals surface area (Å²) in [5.74, 6) is -0.851. The van der Waals surface area contributed by atoms with Crippen LogP contribution < -0.4 is 0 Å². The molecule has 0 saturated heterocycles. The average molecular weight is 325 g/mol. The van der Waals surface area contributed by atoms with Crippen LogP contribution in [0, 0.1) is 0 Å². The third kappa shape index (κ3) is 2.66. The molecule has 1 aliphatic heterocycles. The summed E-state index contributed by atoms with van der Waals surface area (Å²) in [7, 11) is 0. The van der Waals surface area contributed by atoms with Gasteiger partial charge in [0, 0.05) is 26.3 Å². The molecule has 2 nitrogen and oxygen atoms in total. The first-order chi connectivity index (χ1) is 9.52. The molecule has 5 heteroatoms. The van der Waals surface area contributed by atoms with E-state index in [0.717, 1.165) is 26.5 Å². The van der Waals surface area contributed by atoms with Gasteiger partial charge in [-0.2, -0.15) is 0 Å². The Morgan fingerprint density at radius 3 is 2.70 bits per heavy atom. The summed E-state index contributed by atoms with van der Waals surface area (Å²) in [6, 6.07) is 9.42. The van der Waals surface area contributed by atoms with Crippen molar-refractivity contribution < 1.29 is 9.90 Å². The van der Waals surface area contributed by atoms with Gasteiger partial charge in [0.05, 0.1) is 6.42 Å². The Morgan fingerprint density at radius 2 is 1.95 bits per heavy atom. The lowest BCUT2D eigenvalue weighted by Gasteiger charge is -2.22. The molecular weight excluding hydrogens is 315 g/mol. The number of rotatable bonds is 2. The van der Waals surface area contributed by atoms with Gasteiger partial charge in [0.2, 0.25) is 0 Å². The fourth-order valence-electron chi connectivity index (χ4n) is 2.37. The second-order valence-electron chi connectivity index (χ2n) is 4.64. The SMILES string of the molecule is O=C(O)Cc1cc(Cl)cc2c1Cc1cc(Cl)ccc1S2. The maximum absolute atomic E-state index is 11.0. The summed E-state index contributed by atoms with van der Waals surface area (Å²) in [6.45, 7) is 0. The molecule has 20 heavy (non-hydrogen) atoms. The van der Waals surface area contributed by atoms with Crippen LogP contribution >= 0.6 is 35.0 Å². The van der Waals surface area contributed by atoms with E-state index in [2.05, 4.69) is 0 Å². The van der Waals surface area contributed by atoms with Crippen LogP contribution in [0.1, 0.15) is 16.7 Å². The summed E-state index contributed by atoms with van der Waals surface area (Å²) in [5, 5.41) is 10.3. The van der Waals surface area contributed by atoms with Gasteiger partial charge in [-0.3, -0.25) is 4.79 Å². The van der Waals surface area contributed by atoms with E-state index in [9.17, 15) is 4.79 Å². The van der Waals surface area contributed by atoms with Crippen molar-refractivity contribution in [3.63, 3.8) is 0 Å². The minimum atomic E-state index is -0.851. The van der Waals surface area contributed by atoms with Gasteiger partial charge in [-0.05, 0) is 47.0 Å². The first kappa shape index (κ1) is 13.8. The smallest absolute Gasteiger partial charge is 0.307 e. The van der Waals surface area contributed by atoms with Gasteiger partial charge in [-0.1, -0.05) is 35.0 Å². The first-order valence-corrected chi connectivity index (χ1v) is 7.59. The molecular formula is C15H10Cl2O2S. The Balaban J connectivity index is 2.09. The maximum atomic E-state index is 11.0. The van der Waals surface area contributed by atoms with Gasteiger partial charge in [-0.15, -0.1) is 0 Å². The zero-order valence-corrected chi connectivity index (χ0v) is 12.6. The summed E-state index contributed by atoms with van der Waals surface area (Å²) in [6.07, 6.45) is 0.678. The summed E-state index contributed by atoms with van der Waals surface area (Å²) < 4.78 is 0. The van der Waals surface area contributed by atoms with Crippen molar-refractivity contribution in [2.24, 2.45) is 0 Å². The first-order valence-electron chi connectivity index (χ1n) is 6.02. The van der Waals surface area contributed by atoms with Crippen LogP contribution in [-0.4, -0.2) is 11.1 Å². The monoisotopic (exact) mass is 324 g/mol. The molecule has 0 radical (unpaired) electrons. The van der Waals surface area contributed by atoms with Crippen LogP contribution in [0.4, 0.5) is 0 Å². The number of hydrogen-bond acceptors (Lipinski definition) is 2.